The summed E-state index contributed by atoms with van der Waals surface area (Å²) >= 11 is 6.14. The average molecular weight is 504 g/mol. The first kappa shape index (κ1) is 26.3. The van der Waals surface area contributed by atoms with E-state index in [1.807, 2.05) is 45.0 Å². The number of carbonyl (C=O) groups excluding carboxylic acids is 2. The van der Waals surface area contributed by atoms with Crippen LogP contribution in [-0.4, -0.2) is 25.0 Å². The molecule has 0 aliphatic heterocycles. The van der Waals surface area contributed by atoms with Gasteiger partial charge in [0, 0.05) is 22.0 Å². The van der Waals surface area contributed by atoms with Crippen molar-refractivity contribution in [3.05, 3.63) is 87.9 Å². The Bertz CT molecular complexity index is 1330. The van der Waals surface area contributed by atoms with E-state index in [0.29, 0.717) is 40.1 Å². The quantitative estimate of drug-likeness (QED) is 0.279. The van der Waals surface area contributed by atoms with Crippen molar-refractivity contribution < 1.29 is 19.1 Å². The first-order valence-electron chi connectivity index (χ1n) is 11.2. The fraction of sp³-hybridized carbons (Fsp3) is 0.179. The Balaban J connectivity index is 1.73. The maximum absolute atomic E-state index is 12.7. The molecule has 0 unspecified atom stereocenters. The van der Waals surface area contributed by atoms with Gasteiger partial charge in [-0.25, -0.2) is 0 Å². The molecule has 0 spiro atoms. The van der Waals surface area contributed by atoms with Gasteiger partial charge in [-0.3, -0.25) is 9.59 Å². The second-order valence-corrected chi connectivity index (χ2v) is 8.36. The third kappa shape index (κ3) is 7.36. The van der Waals surface area contributed by atoms with E-state index < -0.39 is 5.91 Å². The number of rotatable bonds is 9. The smallest absolute Gasteiger partial charge is 0.266 e. The predicted octanol–water partition coefficient (Wildman–Crippen LogP) is 5.92. The van der Waals surface area contributed by atoms with Gasteiger partial charge in [0.25, 0.3) is 11.8 Å². The Morgan fingerprint density at radius 2 is 1.75 bits per heavy atom. The van der Waals surface area contributed by atoms with Crippen LogP contribution in [0.2, 0.25) is 5.02 Å². The van der Waals surface area contributed by atoms with Crippen LogP contribution >= 0.6 is 11.6 Å². The molecule has 184 valence electrons. The van der Waals surface area contributed by atoms with Crippen LogP contribution in [0.15, 0.2) is 66.2 Å². The van der Waals surface area contributed by atoms with Gasteiger partial charge in [-0.1, -0.05) is 23.7 Å². The minimum Gasteiger partial charge on any atom is -0.494 e. The topological polar surface area (TPSA) is 100 Å². The number of ether oxygens (including phenoxy) is 2. The molecule has 0 heterocycles. The number of hydrogen-bond acceptors (Lipinski definition) is 5. The van der Waals surface area contributed by atoms with Crippen molar-refractivity contribution in [3.63, 3.8) is 0 Å². The zero-order valence-corrected chi connectivity index (χ0v) is 21.0. The fourth-order valence-corrected chi connectivity index (χ4v) is 3.45. The minimum atomic E-state index is -0.597. The second kappa shape index (κ2) is 12.4. The minimum absolute atomic E-state index is 0.157. The lowest BCUT2D eigenvalue weighted by molar-refractivity contribution is -0.118. The molecule has 2 amide bonds. The third-order valence-electron chi connectivity index (χ3n) is 5.09. The van der Waals surface area contributed by atoms with E-state index in [0.717, 1.165) is 11.1 Å². The van der Waals surface area contributed by atoms with Gasteiger partial charge in [0.2, 0.25) is 0 Å². The van der Waals surface area contributed by atoms with Crippen LogP contribution in [0.1, 0.15) is 23.6 Å². The second-order valence-electron chi connectivity index (χ2n) is 7.92. The lowest BCUT2D eigenvalue weighted by Crippen LogP contribution is -2.21. The summed E-state index contributed by atoms with van der Waals surface area (Å²) in [6.07, 6.45) is 1.37. The van der Waals surface area contributed by atoms with E-state index in [9.17, 15) is 14.9 Å². The Hall–Kier alpha value is -4.28. The van der Waals surface area contributed by atoms with Gasteiger partial charge in [-0.15, -0.1) is 0 Å². The summed E-state index contributed by atoms with van der Waals surface area (Å²) in [6, 6.07) is 19.2. The molecule has 0 fully saturated rings. The van der Waals surface area contributed by atoms with Crippen molar-refractivity contribution in [2.24, 2.45) is 0 Å². The molecular formula is C28H26ClN3O4. The molecule has 2 N–H and O–H groups in total. The summed E-state index contributed by atoms with van der Waals surface area (Å²) < 4.78 is 11.1. The number of halogens is 1. The normalized spacial score (nSPS) is 10.8. The number of nitriles is 1. The Morgan fingerprint density at radius 3 is 2.44 bits per heavy atom. The molecule has 36 heavy (non-hydrogen) atoms. The molecule has 3 aromatic carbocycles. The highest BCUT2D eigenvalue weighted by molar-refractivity contribution is 6.30. The van der Waals surface area contributed by atoms with Crippen LogP contribution in [0.25, 0.3) is 6.08 Å². The van der Waals surface area contributed by atoms with Crippen LogP contribution in [0, 0.1) is 25.2 Å². The molecule has 0 bridgehead atoms. The van der Waals surface area contributed by atoms with E-state index in [1.165, 1.54) is 6.08 Å². The predicted molar refractivity (Wildman–Crippen MR) is 141 cm³/mol. The van der Waals surface area contributed by atoms with Crippen LogP contribution in [0.4, 0.5) is 11.4 Å². The van der Waals surface area contributed by atoms with Gasteiger partial charge in [0.1, 0.15) is 23.1 Å². The summed E-state index contributed by atoms with van der Waals surface area (Å²) in [6.45, 7) is 5.99. The van der Waals surface area contributed by atoms with E-state index in [4.69, 9.17) is 21.1 Å². The lowest BCUT2D eigenvalue weighted by atomic mass is 10.1. The van der Waals surface area contributed by atoms with Crippen LogP contribution in [0.3, 0.4) is 0 Å². The van der Waals surface area contributed by atoms with Crippen molar-refractivity contribution in [2.45, 2.75) is 20.8 Å². The number of nitrogens with one attached hydrogen (secondary N) is 2. The fourth-order valence-electron chi connectivity index (χ4n) is 3.27. The van der Waals surface area contributed by atoms with Crippen molar-refractivity contribution in [2.75, 3.05) is 23.8 Å². The first-order chi connectivity index (χ1) is 17.3. The van der Waals surface area contributed by atoms with E-state index >= 15 is 0 Å². The summed E-state index contributed by atoms with van der Waals surface area (Å²) in [7, 11) is 0. The highest BCUT2D eigenvalue weighted by Gasteiger charge is 2.13. The molecule has 3 aromatic rings. The summed E-state index contributed by atoms with van der Waals surface area (Å²) in [5.41, 5.74) is 3.40. The maximum atomic E-state index is 12.7. The number of hydrogen-bond donors (Lipinski definition) is 2. The zero-order valence-electron chi connectivity index (χ0n) is 20.2. The maximum Gasteiger partial charge on any atom is 0.266 e. The van der Waals surface area contributed by atoms with E-state index in [1.54, 1.807) is 42.5 Å². The van der Waals surface area contributed by atoms with Gasteiger partial charge in [0.15, 0.2) is 6.61 Å². The number of carbonyl (C=O) groups is 2. The van der Waals surface area contributed by atoms with E-state index in [-0.39, 0.29) is 18.1 Å². The molecule has 0 aliphatic rings. The van der Waals surface area contributed by atoms with Crippen LogP contribution in [-0.2, 0) is 9.59 Å². The SMILES string of the molecule is CCOc1ccc(NC(=O)/C(C#N)=C/c2cc(Cl)ccc2OCC(=O)Nc2cc(C)ccc2C)cc1. The first-order valence-corrected chi connectivity index (χ1v) is 11.6. The highest BCUT2D eigenvalue weighted by atomic mass is 35.5. The van der Waals surface area contributed by atoms with Gasteiger partial charge in [0.05, 0.1) is 6.61 Å². The molecule has 0 radical (unpaired) electrons. The molecule has 0 atom stereocenters. The molecule has 0 aromatic heterocycles. The lowest BCUT2D eigenvalue weighted by Gasteiger charge is -2.12. The summed E-state index contributed by atoms with van der Waals surface area (Å²) in [5.74, 6) is 0.0357. The third-order valence-corrected chi connectivity index (χ3v) is 5.32. The number of benzene rings is 3. The van der Waals surface area contributed by atoms with Crippen molar-refractivity contribution >= 4 is 40.9 Å². The molecule has 0 aliphatic carbocycles. The molecule has 7 nitrogen and oxygen atoms in total. The van der Waals surface area contributed by atoms with Crippen molar-refractivity contribution in [3.8, 4) is 17.6 Å². The molecule has 8 heteroatoms. The average Bonchev–Trinajstić information content (AvgIpc) is 2.85. The van der Waals surface area contributed by atoms with Crippen molar-refractivity contribution in [1.29, 1.82) is 5.26 Å². The van der Waals surface area contributed by atoms with Crippen LogP contribution < -0.4 is 20.1 Å². The summed E-state index contributed by atoms with van der Waals surface area (Å²) in [5, 5.41) is 15.5. The molecule has 3 rings (SSSR count). The Labute approximate surface area is 215 Å². The number of anilines is 2. The number of nitrogens with zero attached hydrogens (tertiary/aromatic N) is 1. The van der Waals surface area contributed by atoms with Gasteiger partial charge < -0.3 is 20.1 Å². The van der Waals surface area contributed by atoms with Crippen molar-refractivity contribution in [1.82, 2.24) is 0 Å². The standard InChI is InChI=1S/C28H26ClN3O4/c1-4-35-24-10-8-23(9-11-24)31-28(34)21(16-30)14-20-15-22(29)7-12-26(20)36-17-27(33)32-25-13-18(2)5-6-19(25)3/h5-15H,4,17H2,1-3H3,(H,31,34)(H,32,33)/b21-14+. The Morgan fingerprint density at radius 1 is 1.00 bits per heavy atom. The summed E-state index contributed by atoms with van der Waals surface area (Å²) in [4.78, 5) is 25.2. The molecule has 0 saturated heterocycles. The molecular weight excluding hydrogens is 478 g/mol. The zero-order chi connectivity index (χ0) is 26.1. The largest absolute Gasteiger partial charge is 0.494 e. The van der Waals surface area contributed by atoms with E-state index in [2.05, 4.69) is 10.6 Å². The van der Waals surface area contributed by atoms with Gasteiger partial charge in [-0.05, 0) is 86.5 Å². The number of amides is 2. The highest BCUT2D eigenvalue weighted by Crippen LogP contribution is 2.26. The Kier molecular flexibility index (Phi) is 9.09. The monoisotopic (exact) mass is 503 g/mol. The van der Waals surface area contributed by atoms with Gasteiger partial charge in [-0.2, -0.15) is 5.26 Å². The van der Waals surface area contributed by atoms with Crippen LogP contribution in [0.5, 0.6) is 11.5 Å². The molecule has 0 saturated carbocycles. The van der Waals surface area contributed by atoms with Gasteiger partial charge >= 0.3 is 0 Å². The number of aryl methyl sites for hydroxylation is 2.